The molecule has 2 heterocycles. The number of nitrogens with one attached hydrogen (secondary N) is 1. The summed E-state index contributed by atoms with van der Waals surface area (Å²) >= 11 is 3.18. The van der Waals surface area contributed by atoms with Gasteiger partial charge in [0.05, 0.1) is 5.69 Å². The smallest absolute Gasteiger partial charge is 0.291 e. The van der Waals surface area contributed by atoms with Gasteiger partial charge in [0.2, 0.25) is 0 Å². The molecule has 28 heavy (non-hydrogen) atoms. The van der Waals surface area contributed by atoms with Crippen molar-refractivity contribution in [1.82, 2.24) is 0 Å². The first-order valence-corrected chi connectivity index (χ1v) is 9.57. The normalized spacial score (nSPS) is 13.0. The van der Waals surface area contributed by atoms with Crippen LogP contribution in [-0.2, 0) is 11.2 Å². The monoisotopic (exact) mass is 440 g/mol. The maximum atomic E-state index is 12.4. The quantitative estimate of drug-likeness (QED) is 0.642. The second-order valence-corrected chi connectivity index (χ2v) is 7.09. The number of hydrogen-bond donors (Lipinski definition) is 1. The molecule has 0 saturated heterocycles. The SMILES string of the molecule is O=C(Nc1ccc2c(c1)N(CCc1ccccc1)C(=O)CO2)c1ccc(Br)o1. The van der Waals surface area contributed by atoms with Crippen molar-refractivity contribution in [2.24, 2.45) is 0 Å². The Morgan fingerprint density at radius 1 is 1.11 bits per heavy atom. The molecule has 0 aliphatic carbocycles. The van der Waals surface area contributed by atoms with Gasteiger partial charge in [-0.15, -0.1) is 0 Å². The number of fused-ring (bicyclic) bond motifs is 1. The van der Waals surface area contributed by atoms with E-state index in [1.165, 1.54) is 0 Å². The van der Waals surface area contributed by atoms with Crippen LogP contribution in [0.5, 0.6) is 5.75 Å². The maximum absolute atomic E-state index is 12.4. The summed E-state index contributed by atoms with van der Waals surface area (Å²) in [6.07, 6.45) is 0.725. The van der Waals surface area contributed by atoms with Gasteiger partial charge in [-0.1, -0.05) is 30.3 Å². The first-order valence-electron chi connectivity index (χ1n) is 8.78. The number of carbonyl (C=O) groups excluding carboxylic acids is 2. The molecule has 7 heteroatoms. The first-order chi connectivity index (χ1) is 13.6. The van der Waals surface area contributed by atoms with Gasteiger partial charge in [0, 0.05) is 12.2 Å². The van der Waals surface area contributed by atoms with Crippen LogP contribution in [0, 0.1) is 0 Å². The number of furan rings is 1. The Kier molecular flexibility index (Phi) is 5.16. The van der Waals surface area contributed by atoms with E-state index in [2.05, 4.69) is 21.2 Å². The van der Waals surface area contributed by atoms with Crippen molar-refractivity contribution in [2.45, 2.75) is 6.42 Å². The molecule has 0 radical (unpaired) electrons. The van der Waals surface area contributed by atoms with Gasteiger partial charge in [0.25, 0.3) is 11.8 Å². The lowest BCUT2D eigenvalue weighted by atomic mass is 10.1. The molecule has 6 nitrogen and oxygen atoms in total. The van der Waals surface area contributed by atoms with E-state index in [1.54, 1.807) is 35.2 Å². The predicted molar refractivity (Wildman–Crippen MR) is 109 cm³/mol. The van der Waals surface area contributed by atoms with Crippen molar-refractivity contribution in [3.63, 3.8) is 0 Å². The van der Waals surface area contributed by atoms with Crippen LogP contribution in [0.2, 0.25) is 0 Å². The molecule has 0 bridgehead atoms. The molecule has 0 spiro atoms. The van der Waals surface area contributed by atoms with Crippen LogP contribution in [0.15, 0.2) is 69.8 Å². The van der Waals surface area contributed by atoms with Gasteiger partial charge < -0.3 is 19.4 Å². The third-order valence-electron chi connectivity index (χ3n) is 4.42. The number of amides is 2. The summed E-state index contributed by atoms with van der Waals surface area (Å²) < 4.78 is 11.3. The van der Waals surface area contributed by atoms with Crippen LogP contribution in [0.1, 0.15) is 16.1 Å². The molecule has 0 fully saturated rings. The molecule has 0 saturated carbocycles. The number of halogens is 1. The Morgan fingerprint density at radius 3 is 2.68 bits per heavy atom. The minimum atomic E-state index is -0.371. The zero-order chi connectivity index (χ0) is 19.5. The molecule has 2 amide bonds. The van der Waals surface area contributed by atoms with Crippen molar-refractivity contribution in [1.29, 1.82) is 0 Å². The second-order valence-electron chi connectivity index (χ2n) is 6.31. The summed E-state index contributed by atoms with van der Waals surface area (Å²) in [6, 6.07) is 18.4. The fourth-order valence-corrected chi connectivity index (χ4v) is 3.35. The Hall–Kier alpha value is -3.06. The molecule has 2 aromatic carbocycles. The van der Waals surface area contributed by atoms with E-state index in [4.69, 9.17) is 9.15 Å². The van der Waals surface area contributed by atoms with Crippen molar-refractivity contribution in [3.8, 4) is 5.75 Å². The van der Waals surface area contributed by atoms with Gasteiger partial charge in [0.1, 0.15) is 5.75 Å². The molecule has 0 atom stereocenters. The molecule has 1 aliphatic rings. The number of anilines is 2. The fourth-order valence-electron chi connectivity index (χ4n) is 3.04. The average Bonchev–Trinajstić information content (AvgIpc) is 3.14. The van der Waals surface area contributed by atoms with Gasteiger partial charge in [-0.05, 0) is 58.2 Å². The summed E-state index contributed by atoms with van der Waals surface area (Å²) in [7, 11) is 0. The van der Waals surface area contributed by atoms with Crippen LogP contribution in [0.4, 0.5) is 11.4 Å². The lowest BCUT2D eigenvalue weighted by Crippen LogP contribution is -2.40. The van der Waals surface area contributed by atoms with E-state index in [1.807, 2.05) is 30.3 Å². The highest BCUT2D eigenvalue weighted by atomic mass is 79.9. The molecule has 3 aromatic rings. The van der Waals surface area contributed by atoms with Gasteiger partial charge >= 0.3 is 0 Å². The number of hydrogen-bond acceptors (Lipinski definition) is 4. The average molecular weight is 441 g/mol. The van der Waals surface area contributed by atoms with Crippen molar-refractivity contribution >= 4 is 39.1 Å². The molecule has 1 aromatic heterocycles. The van der Waals surface area contributed by atoms with Crippen LogP contribution in [0.3, 0.4) is 0 Å². The highest BCUT2D eigenvalue weighted by Gasteiger charge is 2.26. The number of nitrogens with zero attached hydrogens (tertiary/aromatic N) is 1. The van der Waals surface area contributed by atoms with Gasteiger partial charge in [-0.2, -0.15) is 0 Å². The van der Waals surface area contributed by atoms with E-state index < -0.39 is 0 Å². The topological polar surface area (TPSA) is 71.8 Å². The Labute approximate surface area is 170 Å². The van der Waals surface area contributed by atoms with Gasteiger partial charge in [-0.3, -0.25) is 9.59 Å². The standard InChI is InChI=1S/C21H17BrN2O4/c22-19-9-8-18(28-19)21(26)23-15-6-7-17-16(12-15)24(20(25)13-27-17)11-10-14-4-2-1-3-5-14/h1-9,12H,10-11,13H2,(H,23,26). The Bertz CT molecular complexity index is 1020. The molecule has 142 valence electrons. The molecular weight excluding hydrogens is 424 g/mol. The largest absolute Gasteiger partial charge is 0.482 e. The number of ether oxygens (including phenoxy) is 1. The third-order valence-corrected chi connectivity index (χ3v) is 4.85. The summed E-state index contributed by atoms with van der Waals surface area (Å²) in [4.78, 5) is 26.4. The maximum Gasteiger partial charge on any atom is 0.291 e. The van der Waals surface area contributed by atoms with E-state index in [9.17, 15) is 9.59 Å². The summed E-state index contributed by atoms with van der Waals surface area (Å²) in [5, 5.41) is 2.78. The summed E-state index contributed by atoms with van der Waals surface area (Å²) in [5.41, 5.74) is 2.35. The van der Waals surface area contributed by atoms with E-state index in [0.717, 1.165) is 12.0 Å². The Morgan fingerprint density at radius 2 is 1.93 bits per heavy atom. The molecule has 1 aliphatic heterocycles. The number of benzene rings is 2. The summed E-state index contributed by atoms with van der Waals surface area (Å²) in [5.74, 6) is 0.329. The van der Waals surface area contributed by atoms with Crippen molar-refractivity contribution < 1.29 is 18.7 Å². The highest BCUT2D eigenvalue weighted by Crippen LogP contribution is 2.35. The Balaban J connectivity index is 1.54. The second kappa shape index (κ2) is 7.90. The van der Waals surface area contributed by atoms with Crippen LogP contribution >= 0.6 is 15.9 Å². The zero-order valence-corrected chi connectivity index (χ0v) is 16.4. The summed E-state index contributed by atoms with van der Waals surface area (Å²) in [6.45, 7) is 0.537. The van der Waals surface area contributed by atoms with Crippen LogP contribution < -0.4 is 15.0 Å². The highest BCUT2D eigenvalue weighted by molar-refractivity contribution is 9.10. The molecular formula is C21H17BrN2O4. The lowest BCUT2D eigenvalue weighted by molar-refractivity contribution is -0.121. The molecule has 0 unspecified atom stereocenters. The zero-order valence-electron chi connectivity index (χ0n) is 14.9. The van der Waals surface area contributed by atoms with Gasteiger partial charge in [0.15, 0.2) is 17.0 Å². The number of rotatable bonds is 5. The number of carbonyl (C=O) groups is 2. The third kappa shape index (κ3) is 3.94. The predicted octanol–water partition coefficient (Wildman–Crippen LogP) is 4.26. The fraction of sp³-hybridized carbons (Fsp3) is 0.143. The molecule has 4 rings (SSSR count). The first kappa shape index (κ1) is 18.3. The lowest BCUT2D eigenvalue weighted by Gasteiger charge is -2.30. The molecule has 1 N–H and O–H groups in total. The van der Waals surface area contributed by atoms with Crippen LogP contribution in [-0.4, -0.2) is 25.0 Å². The van der Waals surface area contributed by atoms with E-state index >= 15 is 0 Å². The minimum Gasteiger partial charge on any atom is -0.482 e. The van der Waals surface area contributed by atoms with Crippen molar-refractivity contribution in [3.05, 3.63) is 76.7 Å². The van der Waals surface area contributed by atoms with E-state index in [-0.39, 0.29) is 24.2 Å². The van der Waals surface area contributed by atoms with E-state index in [0.29, 0.717) is 28.3 Å². The van der Waals surface area contributed by atoms with Crippen molar-refractivity contribution in [2.75, 3.05) is 23.4 Å². The minimum absolute atomic E-state index is 0.00785. The van der Waals surface area contributed by atoms with Crippen LogP contribution in [0.25, 0.3) is 0 Å². The van der Waals surface area contributed by atoms with Gasteiger partial charge in [-0.25, -0.2) is 0 Å².